The van der Waals surface area contributed by atoms with Crippen molar-refractivity contribution < 1.29 is 14.3 Å². The Labute approximate surface area is 220 Å². The molecule has 0 heterocycles. The number of terminal acetylenes is 1. The van der Waals surface area contributed by atoms with E-state index >= 15 is 0 Å². The molecule has 0 aliphatic rings. The van der Waals surface area contributed by atoms with E-state index in [1.54, 1.807) is 12.1 Å². The van der Waals surface area contributed by atoms with Crippen LogP contribution in [-0.4, -0.2) is 30.7 Å². The van der Waals surface area contributed by atoms with Crippen molar-refractivity contribution in [1.82, 2.24) is 10.7 Å². The number of carbonyl (C=O) groups excluding carboxylic acids is 2. The molecule has 0 saturated heterocycles. The molecule has 2 N–H and O–H groups in total. The van der Waals surface area contributed by atoms with E-state index in [1.165, 1.54) is 6.21 Å². The molecule has 3 aromatic rings. The summed E-state index contributed by atoms with van der Waals surface area (Å²) in [4.78, 5) is 26.5. The molecule has 0 radical (unpaired) electrons. The fourth-order valence-electron chi connectivity index (χ4n) is 3.66. The highest BCUT2D eigenvalue weighted by Crippen LogP contribution is 2.25. The minimum Gasteiger partial charge on any atom is -0.480 e. The predicted molar refractivity (Wildman–Crippen MR) is 146 cm³/mol. The highest BCUT2D eigenvalue weighted by Gasteiger charge is 2.29. The standard InChI is InChI=1S/C29H28BrN3O3/c1-4-17-36-25-16-15-24(30)18-23(25)19-31-33-29(35)27(20(2)3)32-28(34)26(21-11-7-5-8-12-21)22-13-9-6-10-14-22/h1,5-16,18-20,26-27H,17H2,2-3H3,(H,32,34)(H,33,35)/b31-19-/t27-/m0/s1. The van der Waals surface area contributed by atoms with Gasteiger partial charge in [0.25, 0.3) is 5.91 Å². The van der Waals surface area contributed by atoms with Gasteiger partial charge in [-0.3, -0.25) is 9.59 Å². The zero-order valence-corrected chi connectivity index (χ0v) is 21.7. The number of nitrogens with one attached hydrogen (secondary N) is 2. The average molecular weight is 546 g/mol. The van der Waals surface area contributed by atoms with Crippen LogP contribution in [-0.2, 0) is 9.59 Å². The summed E-state index contributed by atoms with van der Waals surface area (Å²) in [6, 6.07) is 23.6. The molecule has 6 nitrogen and oxygen atoms in total. The van der Waals surface area contributed by atoms with Gasteiger partial charge in [0.2, 0.25) is 5.91 Å². The van der Waals surface area contributed by atoms with E-state index in [-0.39, 0.29) is 18.4 Å². The third-order valence-electron chi connectivity index (χ3n) is 5.44. The third kappa shape index (κ3) is 7.30. The van der Waals surface area contributed by atoms with Crippen molar-refractivity contribution >= 4 is 34.0 Å². The first-order valence-corrected chi connectivity index (χ1v) is 12.3. The summed E-state index contributed by atoms with van der Waals surface area (Å²) in [7, 11) is 0. The lowest BCUT2D eigenvalue weighted by atomic mass is 9.89. The summed E-state index contributed by atoms with van der Waals surface area (Å²) >= 11 is 3.41. The number of halogens is 1. The van der Waals surface area contributed by atoms with Crippen molar-refractivity contribution in [3.63, 3.8) is 0 Å². The van der Waals surface area contributed by atoms with E-state index in [2.05, 4.69) is 37.7 Å². The molecule has 36 heavy (non-hydrogen) atoms. The van der Waals surface area contributed by atoms with Crippen LogP contribution < -0.4 is 15.5 Å². The second-order valence-corrected chi connectivity index (χ2v) is 9.31. The first kappa shape index (κ1) is 26.7. The molecule has 184 valence electrons. The number of rotatable bonds is 10. The lowest BCUT2D eigenvalue weighted by Crippen LogP contribution is -2.50. The highest BCUT2D eigenvalue weighted by atomic mass is 79.9. The lowest BCUT2D eigenvalue weighted by molar-refractivity contribution is -0.130. The molecule has 7 heteroatoms. The van der Waals surface area contributed by atoms with E-state index in [4.69, 9.17) is 11.2 Å². The molecule has 0 unspecified atom stereocenters. The molecule has 0 aromatic heterocycles. The van der Waals surface area contributed by atoms with Gasteiger partial charge in [0.15, 0.2) is 0 Å². The smallest absolute Gasteiger partial charge is 0.262 e. The molecule has 3 aromatic carbocycles. The number of hydrogen-bond acceptors (Lipinski definition) is 4. The predicted octanol–water partition coefficient (Wildman–Crippen LogP) is 4.88. The minimum absolute atomic E-state index is 0.111. The molecule has 0 spiro atoms. The number of nitrogens with zero attached hydrogens (tertiary/aromatic N) is 1. The lowest BCUT2D eigenvalue weighted by Gasteiger charge is -2.24. The van der Waals surface area contributed by atoms with Crippen LogP contribution in [0.1, 0.15) is 36.5 Å². The van der Waals surface area contributed by atoms with Crippen molar-refractivity contribution in [3.05, 3.63) is 100 Å². The Kier molecular flexibility index (Phi) is 9.84. The average Bonchev–Trinajstić information content (AvgIpc) is 2.88. The highest BCUT2D eigenvalue weighted by molar-refractivity contribution is 9.10. The second-order valence-electron chi connectivity index (χ2n) is 8.39. The monoisotopic (exact) mass is 545 g/mol. The summed E-state index contributed by atoms with van der Waals surface area (Å²) in [6.45, 7) is 3.85. The third-order valence-corrected chi connectivity index (χ3v) is 5.93. The van der Waals surface area contributed by atoms with Gasteiger partial charge < -0.3 is 10.1 Å². The molecule has 2 amide bonds. The van der Waals surface area contributed by atoms with Crippen LogP contribution in [0.15, 0.2) is 88.4 Å². The summed E-state index contributed by atoms with van der Waals surface area (Å²) in [5.41, 5.74) is 4.87. The van der Waals surface area contributed by atoms with Gasteiger partial charge in [0, 0.05) is 10.0 Å². The molecule has 0 aliphatic heterocycles. The summed E-state index contributed by atoms with van der Waals surface area (Å²) < 4.78 is 6.35. The largest absolute Gasteiger partial charge is 0.480 e. The van der Waals surface area contributed by atoms with E-state index in [9.17, 15) is 9.59 Å². The van der Waals surface area contributed by atoms with Crippen LogP contribution in [0.25, 0.3) is 0 Å². The van der Waals surface area contributed by atoms with Gasteiger partial charge in [-0.15, -0.1) is 6.42 Å². The van der Waals surface area contributed by atoms with Crippen molar-refractivity contribution in [1.29, 1.82) is 0 Å². The number of ether oxygens (including phenoxy) is 1. The van der Waals surface area contributed by atoms with Crippen molar-refractivity contribution in [2.45, 2.75) is 25.8 Å². The van der Waals surface area contributed by atoms with Crippen molar-refractivity contribution in [2.24, 2.45) is 11.0 Å². The Balaban J connectivity index is 1.76. The number of hydrazone groups is 1. The van der Waals surface area contributed by atoms with E-state index in [0.717, 1.165) is 15.6 Å². The fourth-order valence-corrected chi connectivity index (χ4v) is 4.04. The zero-order valence-electron chi connectivity index (χ0n) is 20.1. The van der Waals surface area contributed by atoms with Gasteiger partial charge in [-0.05, 0) is 35.2 Å². The maximum atomic E-state index is 13.5. The normalized spacial score (nSPS) is 11.8. The SMILES string of the molecule is C#CCOc1ccc(Br)cc1/C=N\NC(=O)[C@@H](NC(=O)C(c1ccccc1)c1ccccc1)C(C)C. The Bertz CT molecular complexity index is 1200. The Hall–Kier alpha value is -3.89. The Morgan fingerprint density at radius 3 is 2.17 bits per heavy atom. The van der Waals surface area contributed by atoms with Crippen LogP contribution in [0, 0.1) is 18.3 Å². The maximum absolute atomic E-state index is 13.5. The number of carbonyl (C=O) groups is 2. The second kappa shape index (κ2) is 13.3. The quantitative estimate of drug-likeness (QED) is 0.216. The minimum atomic E-state index is -0.788. The van der Waals surface area contributed by atoms with E-state index < -0.39 is 17.9 Å². The van der Waals surface area contributed by atoms with Crippen LogP contribution in [0.5, 0.6) is 5.75 Å². The van der Waals surface area contributed by atoms with Crippen LogP contribution >= 0.6 is 15.9 Å². The fraction of sp³-hybridized carbons (Fsp3) is 0.207. The summed E-state index contributed by atoms with van der Waals surface area (Å²) in [6.07, 6.45) is 6.76. The molecular formula is C29H28BrN3O3. The number of amides is 2. The van der Waals surface area contributed by atoms with Crippen LogP contribution in [0.3, 0.4) is 0 Å². The Morgan fingerprint density at radius 1 is 1.00 bits per heavy atom. The van der Waals surface area contributed by atoms with E-state index in [0.29, 0.717) is 11.3 Å². The maximum Gasteiger partial charge on any atom is 0.262 e. The summed E-state index contributed by atoms with van der Waals surface area (Å²) in [5, 5.41) is 7.03. The van der Waals surface area contributed by atoms with Gasteiger partial charge in [0.05, 0.1) is 12.1 Å². The summed E-state index contributed by atoms with van der Waals surface area (Å²) in [5.74, 6) is 1.55. The first-order valence-electron chi connectivity index (χ1n) is 11.5. The van der Waals surface area contributed by atoms with Crippen LogP contribution in [0.4, 0.5) is 0 Å². The van der Waals surface area contributed by atoms with Gasteiger partial charge in [-0.25, -0.2) is 5.43 Å². The molecular weight excluding hydrogens is 518 g/mol. The molecule has 1 atom stereocenters. The van der Waals surface area contributed by atoms with Crippen LogP contribution in [0.2, 0.25) is 0 Å². The first-order chi connectivity index (χ1) is 17.4. The molecule has 3 rings (SSSR count). The molecule has 0 saturated carbocycles. The van der Waals surface area contributed by atoms with Crippen molar-refractivity contribution in [3.8, 4) is 18.1 Å². The van der Waals surface area contributed by atoms with Gasteiger partial charge in [-0.1, -0.05) is 96.4 Å². The topological polar surface area (TPSA) is 79.8 Å². The Morgan fingerprint density at radius 2 is 1.61 bits per heavy atom. The van der Waals surface area contributed by atoms with E-state index in [1.807, 2.05) is 80.6 Å². The number of hydrogen-bond donors (Lipinski definition) is 2. The van der Waals surface area contributed by atoms with Gasteiger partial charge in [0.1, 0.15) is 18.4 Å². The van der Waals surface area contributed by atoms with Gasteiger partial charge in [-0.2, -0.15) is 5.10 Å². The molecule has 0 aliphatic carbocycles. The number of benzene rings is 3. The molecule has 0 bridgehead atoms. The van der Waals surface area contributed by atoms with Gasteiger partial charge >= 0.3 is 0 Å². The zero-order chi connectivity index (χ0) is 25.9. The van der Waals surface area contributed by atoms with Crippen molar-refractivity contribution in [2.75, 3.05) is 6.61 Å². The molecule has 0 fully saturated rings.